The summed E-state index contributed by atoms with van der Waals surface area (Å²) in [7, 11) is 0. The quantitative estimate of drug-likeness (QED) is 0.719. The highest BCUT2D eigenvalue weighted by atomic mass is 32.1. The molecule has 0 saturated heterocycles. The van der Waals surface area contributed by atoms with Crippen LogP contribution >= 0.6 is 11.3 Å². The molecule has 3 rings (SSSR count). The highest BCUT2D eigenvalue weighted by molar-refractivity contribution is 7.17. The van der Waals surface area contributed by atoms with Gasteiger partial charge in [0.1, 0.15) is 5.00 Å². The summed E-state index contributed by atoms with van der Waals surface area (Å²) < 4.78 is 5.23. The van der Waals surface area contributed by atoms with Crippen molar-refractivity contribution in [1.82, 2.24) is 0 Å². The van der Waals surface area contributed by atoms with Gasteiger partial charge in [0.2, 0.25) is 5.91 Å². The fourth-order valence-corrected chi connectivity index (χ4v) is 4.66. The van der Waals surface area contributed by atoms with Crippen molar-refractivity contribution in [1.29, 1.82) is 0 Å². The van der Waals surface area contributed by atoms with Crippen LogP contribution in [0.25, 0.3) is 0 Å². The zero-order valence-electron chi connectivity index (χ0n) is 16.1. The maximum Gasteiger partial charge on any atom is 0.341 e. The molecule has 0 aliphatic heterocycles. The van der Waals surface area contributed by atoms with Crippen LogP contribution in [0.5, 0.6) is 0 Å². The number of rotatable bonds is 6. The molecule has 0 spiro atoms. The SMILES string of the molecule is CCOC(=O)c1c(NC(=O)CNc2cccc(C)c2C)sc2c1CCCC2. The smallest absolute Gasteiger partial charge is 0.341 e. The summed E-state index contributed by atoms with van der Waals surface area (Å²) in [6.45, 7) is 6.34. The van der Waals surface area contributed by atoms with E-state index in [0.717, 1.165) is 42.5 Å². The summed E-state index contributed by atoms with van der Waals surface area (Å²) in [4.78, 5) is 26.2. The first-order valence-corrected chi connectivity index (χ1v) is 10.2. The van der Waals surface area contributed by atoms with Crippen molar-refractivity contribution in [3.05, 3.63) is 45.3 Å². The first-order chi connectivity index (χ1) is 13.0. The van der Waals surface area contributed by atoms with E-state index in [1.54, 1.807) is 6.92 Å². The van der Waals surface area contributed by atoms with Crippen LogP contribution in [0.2, 0.25) is 0 Å². The van der Waals surface area contributed by atoms with E-state index >= 15 is 0 Å². The average Bonchev–Trinajstić information content (AvgIpc) is 3.01. The lowest BCUT2D eigenvalue weighted by molar-refractivity contribution is -0.114. The van der Waals surface area contributed by atoms with Gasteiger partial charge in [0.15, 0.2) is 0 Å². The molecule has 0 atom stereocenters. The molecule has 144 valence electrons. The Bertz CT molecular complexity index is 857. The Labute approximate surface area is 164 Å². The van der Waals surface area contributed by atoms with Gasteiger partial charge in [0.05, 0.1) is 18.7 Å². The largest absolute Gasteiger partial charge is 0.462 e. The van der Waals surface area contributed by atoms with Gasteiger partial charge >= 0.3 is 5.97 Å². The molecule has 1 aromatic heterocycles. The van der Waals surface area contributed by atoms with Gasteiger partial charge in [-0.1, -0.05) is 12.1 Å². The van der Waals surface area contributed by atoms with Gasteiger partial charge < -0.3 is 15.4 Å². The van der Waals surface area contributed by atoms with E-state index in [9.17, 15) is 9.59 Å². The maximum absolute atomic E-state index is 12.5. The summed E-state index contributed by atoms with van der Waals surface area (Å²) in [5.74, 6) is -0.505. The second-order valence-corrected chi connectivity index (χ2v) is 7.89. The summed E-state index contributed by atoms with van der Waals surface area (Å²) in [6.07, 6.45) is 4.02. The molecule has 1 amide bonds. The molecule has 1 heterocycles. The van der Waals surface area contributed by atoms with Gasteiger partial charge in [-0.2, -0.15) is 0 Å². The number of anilines is 2. The lowest BCUT2D eigenvalue weighted by Gasteiger charge is -2.13. The number of carbonyl (C=O) groups excluding carboxylic acids is 2. The molecule has 1 aliphatic carbocycles. The third-order valence-corrected chi connectivity index (χ3v) is 6.16. The lowest BCUT2D eigenvalue weighted by Crippen LogP contribution is -2.23. The number of amides is 1. The monoisotopic (exact) mass is 386 g/mol. The zero-order valence-corrected chi connectivity index (χ0v) is 16.9. The van der Waals surface area contributed by atoms with E-state index in [0.29, 0.717) is 17.2 Å². The number of thiophene rings is 1. The maximum atomic E-state index is 12.5. The lowest BCUT2D eigenvalue weighted by atomic mass is 9.95. The van der Waals surface area contributed by atoms with Gasteiger partial charge in [-0.05, 0) is 69.2 Å². The predicted molar refractivity (Wildman–Crippen MR) is 110 cm³/mol. The Balaban J connectivity index is 1.74. The minimum absolute atomic E-state index is 0.148. The predicted octanol–water partition coefficient (Wildman–Crippen LogP) is 4.47. The van der Waals surface area contributed by atoms with Gasteiger partial charge in [0.25, 0.3) is 0 Å². The molecule has 27 heavy (non-hydrogen) atoms. The number of benzene rings is 1. The van der Waals surface area contributed by atoms with Crippen molar-refractivity contribution in [2.45, 2.75) is 46.5 Å². The van der Waals surface area contributed by atoms with Crippen LogP contribution in [-0.2, 0) is 22.4 Å². The average molecular weight is 387 g/mol. The van der Waals surface area contributed by atoms with E-state index in [-0.39, 0.29) is 18.4 Å². The highest BCUT2D eigenvalue weighted by Gasteiger charge is 2.27. The molecule has 1 aromatic carbocycles. The second-order valence-electron chi connectivity index (χ2n) is 6.78. The third kappa shape index (κ3) is 4.33. The Morgan fingerprint density at radius 3 is 2.74 bits per heavy atom. The van der Waals surface area contributed by atoms with Crippen LogP contribution < -0.4 is 10.6 Å². The van der Waals surface area contributed by atoms with E-state index < -0.39 is 0 Å². The molecule has 5 nitrogen and oxygen atoms in total. The van der Waals surface area contributed by atoms with Crippen molar-refractivity contribution < 1.29 is 14.3 Å². The minimum Gasteiger partial charge on any atom is -0.462 e. The highest BCUT2D eigenvalue weighted by Crippen LogP contribution is 2.38. The number of aryl methyl sites for hydroxylation is 2. The van der Waals surface area contributed by atoms with Gasteiger partial charge in [-0.25, -0.2) is 4.79 Å². The zero-order chi connectivity index (χ0) is 19.4. The van der Waals surface area contributed by atoms with E-state index in [1.165, 1.54) is 21.8 Å². The van der Waals surface area contributed by atoms with Crippen molar-refractivity contribution in [3.8, 4) is 0 Å². The molecule has 0 unspecified atom stereocenters. The normalized spacial score (nSPS) is 13.0. The van der Waals surface area contributed by atoms with Crippen LogP contribution in [0.3, 0.4) is 0 Å². The number of nitrogens with one attached hydrogen (secondary N) is 2. The molecule has 6 heteroatoms. The van der Waals surface area contributed by atoms with Crippen molar-refractivity contribution in [2.24, 2.45) is 0 Å². The number of ether oxygens (including phenoxy) is 1. The number of hydrogen-bond donors (Lipinski definition) is 2. The van der Waals surface area contributed by atoms with Crippen LogP contribution in [-0.4, -0.2) is 25.0 Å². The molecule has 2 aromatic rings. The first-order valence-electron chi connectivity index (χ1n) is 9.42. The van der Waals surface area contributed by atoms with E-state index in [4.69, 9.17) is 4.74 Å². The van der Waals surface area contributed by atoms with Gasteiger partial charge in [-0.3, -0.25) is 4.79 Å². The van der Waals surface area contributed by atoms with Crippen LogP contribution in [0.4, 0.5) is 10.7 Å². The number of hydrogen-bond acceptors (Lipinski definition) is 5. The fraction of sp³-hybridized carbons (Fsp3) is 0.429. The van der Waals surface area contributed by atoms with Crippen molar-refractivity contribution in [3.63, 3.8) is 0 Å². The molecule has 0 radical (unpaired) electrons. The van der Waals surface area contributed by atoms with Crippen molar-refractivity contribution in [2.75, 3.05) is 23.8 Å². The molecular weight excluding hydrogens is 360 g/mol. The molecule has 0 bridgehead atoms. The molecular formula is C21H26N2O3S. The topological polar surface area (TPSA) is 67.4 Å². The van der Waals surface area contributed by atoms with Crippen LogP contribution in [0, 0.1) is 13.8 Å². The summed E-state index contributed by atoms with van der Waals surface area (Å²) in [5, 5.41) is 6.73. The van der Waals surface area contributed by atoms with Gasteiger partial charge in [-0.15, -0.1) is 11.3 Å². The summed E-state index contributed by atoms with van der Waals surface area (Å²) >= 11 is 1.51. The molecule has 0 saturated carbocycles. The minimum atomic E-state index is -0.338. The Kier molecular flexibility index (Phi) is 6.16. The Morgan fingerprint density at radius 2 is 1.96 bits per heavy atom. The van der Waals surface area contributed by atoms with Crippen LogP contribution in [0.1, 0.15) is 51.7 Å². The molecule has 1 aliphatic rings. The third-order valence-electron chi connectivity index (χ3n) is 4.95. The summed E-state index contributed by atoms with van der Waals surface area (Å²) in [5.41, 5.74) is 4.86. The van der Waals surface area contributed by atoms with Crippen molar-refractivity contribution >= 4 is 33.9 Å². The standard InChI is InChI=1S/C21H26N2O3S/c1-4-26-21(25)19-15-9-5-6-11-17(15)27-20(19)23-18(24)12-22-16-10-7-8-13(2)14(16)3/h7-8,10,22H,4-6,9,11-12H2,1-3H3,(H,23,24). The van der Waals surface area contributed by atoms with Crippen LogP contribution in [0.15, 0.2) is 18.2 Å². The van der Waals surface area contributed by atoms with E-state index in [1.807, 2.05) is 32.0 Å². The second kappa shape index (κ2) is 8.57. The molecule has 0 fully saturated rings. The fourth-order valence-electron chi connectivity index (χ4n) is 3.36. The summed E-state index contributed by atoms with van der Waals surface area (Å²) in [6, 6.07) is 5.97. The number of esters is 1. The number of fused-ring (bicyclic) bond motifs is 1. The Hall–Kier alpha value is -2.34. The molecule has 2 N–H and O–H groups in total. The van der Waals surface area contributed by atoms with E-state index in [2.05, 4.69) is 10.6 Å². The first kappa shape index (κ1) is 19.4. The number of carbonyl (C=O) groups is 2. The Morgan fingerprint density at radius 1 is 1.19 bits per heavy atom. The van der Waals surface area contributed by atoms with Gasteiger partial charge in [0, 0.05) is 10.6 Å².